The second-order valence-electron chi connectivity index (χ2n) is 17.3. The fourth-order valence-corrected chi connectivity index (χ4v) is 10.1. The molecule has 0 aliphatic carbocycles. The molecule has 13 rings (SSSR count). The molecule has 3 heteroatoms. The molecule has 0 bridgehead atoms. The third-order valence-electron chi connectivity index (χ3n) is 13.4. The number of hydrogen-bond donors (Lipinski definition) is 0. The zero-order valence-corrected chi connectivity index (χ0v) is 36.6. The smallest absolute Gasteiger partial charge is 0.136 e. The van der Waals surface area contributed by atoms with Gasteiger partial charge < -0.3 is 13.9 Å². The topological polar surface area (TPSA) is 21.3 Å². The zero-order chi connectivity index (χ0) is 44.3. The van der Waals surface area contributed by atoms with Crippen LogP contribution in [-0.2, 0) is 0 Å². The monoisotopic (exact) mass is 854 g/mol. The van der Waals surface area contributed by atoms with E-state index < -0.39 is 0 Å². The highest BCUT2D eigenvalue weighted by atomic mass is 16.3. The summed E-state index contributed by atoms with van der Waals surface area (Å²) in [5, 5.41) is 7.12. The standard InChI is InChI=1S/C64H42N2O/c1-2-14-43(15-3-1)46-18-12-19-47(38-46)44-28-33-52(34-29-44)65(60-25-9-6-22-55(60)51-32-37-63-58(41-51)59-40-49-16-4-5-17-50(49)42-64(59)67-63)53-35-30-45(31-36-53)48-20-13-21-54(39-48)66-61-26-10-7-23-56(61)57-24-8-11-27-62(57)66/h1-42H. The molecule has 0 saturated carbocycles. The Morgan fingerprint density at radius 2 is 0.806 bits per heavy atom. The van der Waals surface area contributed by atoms with Crippen molar-refractivity contribution in [3.8, 4) is 50.2 Å². The molecule has 2 aromatic heterocycles. The first-order valence-corrected chi connectivity index (χ1v) is 22.9. The molecule has 0 aliphatic rings. The highest BCUT2D eigenvalue weighted by Crippen LogP contribution is 2.44. The second kappa shape index (κ2) is 16.0. The molecule has 314 valence electrons. The molecule has 0 saturated heterocycles. The molecule has 0 atom stereocenters. The molecule has 0 radical (unpaired) electrons. The van der Waals surface area contributed by atoms with E-state index in [4.69, 9.17) is 4.42 Å². The van der Waals surface area contributed by atoms with Gasteiger partial charge in [-0.25, -0.2) is 0 Å². The first kappa shape index (κ1) is 38.5. The van der Waals surface area contributed by atoms with E-state index in [0.717, 1.165) is 72.5 Å². The maximum absolute atomic E-state index is 6.45. The summed E-state index contributed by atoms with van der Waals surface area (Å²) in [6.07, 6.45) is 0. The summed E-state index contributed by atoms with van der Waals surface area (Å²) in [7, 11) is 0. The van der Waals surface area contributed by atoms with Crippen molar-refractivity contribution in [3.05, 3.63) is 255 Å². The fraction of sp³-hybridized carbons (Fsp3) is 0. The van der Waals surface area contributed by atoms with E-state index in [9.17, 15) is 0 Å². The van der Waals surface area contributed by atoms with Crippen LogP contribution < -0.4 is 4.90 Å². The maximum Gasteiger partial charge on any atom is 0.136 e. The molecule has 11 aromatic carbocycles. The van der Waals surface area contributed by atoms with Crippen molar-refractivity contribution >= 4 is 71.6 Å². The van der Waals surface area contributed by atoms with Crippen LogP contribution in [0.25, 0.3) is 105 Å². The molecule has 0 amide bonds. The van der Waals surface area contributed by atoms with E-state index in [1.807, 2.05) is 0 Å². The van der Waals surface area contributed by atoms with Gasteiger partial charge in [0.05, 0.1) is 16.7 Å². The second-order valence-corrected chi connectivity index (χ2v) is 17.3. The SMILES string of the molecule is c1ccc(-c2cccc(-c3ccc(N(c4ccc(-c5cccc(-n6c7ccccc7c7ccccc76)c5)cc4)c4ccccc4-c4ccc5oc6cc7ccccc7cc6c5c4)cc3)c2)cc1. The first-order valence-electron chi connectivity index (χ1n) is 22.9. The third-order valence-corrected chi connectivity index (χ3v) is 13.4. The lowest BCUT2D eigenvalue weighted by Crippen LogP contribution is -2.11. The van der Waals surface area contributed by atoms with Gasteiger partial charge in [-0.2, -0.15) is 0 Å². The Bertz CT molecular complexity index is 3920. The Labute approximate surface area is 388 Å². The summed E-state index contributed by atoms with van der Waals surface area (Å²) < 4.78 is 8.83. The molecule has 0 aliphatic heterocycles. The van der Waals surface area contributed by atoms with E-state index in [-0.39, 0.29) is 0 Å². The maximum atomic E-state index is 6.45. The first-order chi connectivity index (χ1) is 33.2. The van der Waals surface area contributed by atoms with Crippen molar-refractivity contribution in [2.24, 2.45) is 0 Å². The molecule has 67 heavy (non-hydrogen) atoms. The molecule has 0 N–H and O–H groups in total. The lowest BCUT2D eigenvalue weighted by molar-refractivity contribution is 0.669. The molecule has 3 nitrogen and oxygen atoms in total. The van der Waals surface area contributed by atoms with Crippen LogP contribution in [0.1, 0.15) is 0 Å². The van der Waals surface area contributed by atoms with Crippen LogP contribution in [0.2, 0.25) is 0 Å². The van der Waals surface area contributed by atoms with Crippen LogP contribution in [0.4, 0.5) is 17.1 Å². The summed E-state index contributed by atoms with van der Waals surface area (Å²) in [6.45, 7) is 0. The van der Waals surface area contributed by atoms with Crippen LogP contribution in [0.3, 0.4) is 0 Å². The van der Waals surface area contributed by atoms with E-state index in [2.05, 4.69) is 264 Å². The van der Waals surface area contributed by atoms with Gasteiger partial charge in [0.15, 0.2) is 0 Å². The van der Waals surface area contributed by atoms with E-state index in [1.54, 1.807) is 0 Å². The predicted octanol–water partition coefficient (Wildman–Crippen LogP) is 18.0. The number of rotatable bonds is 8. The minimum Gasteiger partial charge on any atom is -0.456 e. The number of benzene rings is 11. The van der Waals surface area contributed by atoms with Gasteiger partial charge >= 0.3 is 0 Å². The largest absolute Gasteiger partial charge is 0.456 e. The van der Waals surface area contributed by atoms with Crippen molar-refractivity contribution in [2.75, 3.05) is 4.90 Å². The van der Waals surface area contributed by atoms with Gasteiger partial charge in [-0.3, -0.25) is 0 Å². The number of anilines is 3. The van der Waals surface area contributed by atoms with Gasteiger partial charge in [0, 0.05) is 44.2 Å². The van der Waals surface area contributed by atoms with Gasteiger partial charge in [-0.1, -0.05) is 170 Å². The summed E-state index contributed by atoms with van der Waals surface area (Å²) in [6, 6.07) is 92.0. The van der Waals surface area contributed by atoms with Crippen molar-refractivity contribution in [1.29, 1.82) is 0 Å². The van der Waals surface area contributed by atoms with Crippen LogP contribution in [0.15, 0.2) is 259 Å². The Morgan fingerprint density at radius 1 is 0.299 bits per heavy atom. The number of fused-ring (bicyclic) bond motifs is 7. The van der Waals surface area contributed by atoms with Gasteiger partial charge in [0.25, 0.3) is 0 Å². The summed E-state index contributed by atoms with van der Waals surface area (Å²) in [4.78, 5) is 2.39. The molecule has 2 heterocycles. The van der Waals surface area contributed by atoms with Crippen LogP contribution in [0, 0.1) is 0 Å². The van der Waals surface area contributed by atoms with Crippen LogP contribution in [0.5, 0.6) is 0 Å². The highest BCUT2D eigenvalue weighted by molar-refractivity contribution is 6.12. The van der Waals surface area contributed by atoms with Crippen molar-refractivity contribution in [1.82, 2.24) is 4.57 Å². The number of para-hydroxylation sites is 3. The molecule has 0 unspecified atom stereocenters. The van der Waals surface area contributed by atoms with Crippen molar-refractivity contribution < 1.29 is 4.42 Å². The van der Waals surface area contributed by atoms with E-state index in [1.165, 1.54) is 49.3 Å². The Kier molecular flexibility index (Phi) is 9.17. The predicted molar refractivity (Wildman–Crippen MR) is 282 cm³/mol. The Hall–Kier alpha value is -8.92. The average molecular weight is 855 g/mol. The number of hydrogen-bond acceptors (Lipinski definition) is 2. The van der Waals surface area contributed by atoms with Crippen LogP contribution in [-0.4, -0.2) is 4.57 Å². The molecular weight excluding hydrogens is 813 g/mol. The molecular formula is C64H42N2O. The normalized spacial score (nSPS) is 11.6. The van der Waals surface area contributed by atoms with Crippen LogP contribution >= 0.6 is 0 Å². The van der Waals surface area contributed by atoms with Gasteiger partial charge in [0.2, 0.25) is 0 Å². The van der Waals surface area contributed by atoms with Crippen molar-refractivity contribution in [2.45, 2.75) is 0 Å². The Morgan fingerprint density at radius 3 is 1.49 bits per heavy atom. The lowest BCUT2D eigenvalue weighted by atomic mass is 9.97. The molecule has 13 aromatic rings. The summed E-state index contributed by atoms with van der Waals surface area (Å²) >= 11 is 0. The van der Waals surface area contributed by atoms with E-state index in [0.29, 0.717) is 0 Å². The number of furan rings is 1. The average Bonchev–Trinajstić information content (AvgIpc) is 3.93. The van der Waals surface area contributed by atoms with Crippen molar-refractivity contribution in [3.63, 3.8) is 0 Å². The highest BCUT2D eigenvalue weighted by Gasteiger charge is 2.20. The van der Waals surface area contributed by atoms with Gasteiger partial charge in [-0.05, 0) is 135 Å². The minimum absolute atomic E-state index is 0.883. The number of nitrogens with zero attached hydrogens (tertiary/aromatic N) is 2. The zero-order valence-electron chi connectivity index (χ0n) is 36.6. The molecule has 0 fully saturated rings. The summed E-state index contributed by atoms with van der Waals surface area (Å²) in [5.41, 5.74) is 17.9. The Balaban J connectivity index is 0.919. The fourth-order valence-electron chi connectivity index (χ4n) is 10.1. The third kappa shape index (κ3) is 6.76. The van der Waals surface area contributed by atoms with E-state index >= 15 is 0 Å². The van der Waals surface area contributed by atoms with Gasteiger partial charge in [-0.15, -0.1) is 0 Å². The quantitative estimate of drug-likeness (QED) is 0.152. The van der Waals surface area contributed by atoms with Gasteiger partial charge in [0.1, 0.15) is 11.2 Å². The molecule has 0 spiro atoms. The minimum atomic E-state index is 0.883. The summed E-state index contributed by atoms with van der Waals surface area (Å²) in [5.74, 6) is 0. The lowest BCUT2D eigenvalue weighted by Gasteiger charge is -2.28. The number of aromatic nitrogens is 1.